The Morgan fingerprint density at radius 1 is 0.897 bits per heavy atom. The zero-order valence-electron chi connectivity index (χ0n) is 15.5. The van der Waals surface area contributed by atoms with E-state index in [1.807, 2.05) is 54.6 Å². The van der Waals surface area contributed by atoms with Crippen molar-refractivity contribution in [2.75, 3.05) is 0 Å². The first-order chi connectivity index (χ1) is 14.3. The van der Waals surface area contributed by atoms with Crippen molar-refractivity contribution in [3.63, 3.8) is 0 Å². The Labute approximate surface area is 173 Å². The topological polar surface area (TPSA) is 33.1 Å². The lowest BCUT2D eigenvalue weighted by Gasteiger charge is -2.10. The van der Waals surface area contributed by atoms with Gasteiger partial charge < -0.3 is 5.11 Å². The van der Waals surface area contributed by atoms with Crippen molar-refractivity contribution < 1.29 is 9.50 Å². The summed E-state index contributed by atoms with van der Waals surface area (Å²) < 4.78 is 13.5. The maximum Gasteiger partial charge on any atom is 0.123 e. The highest BCUT2D eigenvalue weighted by atomic mass is 32.1. The molecule has 2 heterocycles. The van der Waals surface area contributed by atoms with E-state index in [1.165, 1.54) is 17.0 Å². The van der Waals surface area contributed by atoms with E-state index in [1.54, 1.807) is 23.7 Å². The van der Waals surface area contributed by atoms with E-state index in [0.717, 1.165) is 32.7 Å². The fourth-order valence-corrected chi connectivity index (χ4v) is 4.69. The third-order valence-corrected chi connectivity index (χ3v) is 5.92. The van der Waals surface area contributed by atoms with Gasteiger partial charge in [-0.05, 0) is 53.4 Å². The maximum absolute atomic E-state index is 13.5. The Hall–Kier alpha value is -3.42. The molecule has 0 fully saturated rings. The Bertz CT molecular complexity index is 1160. The lowest BCUT2D eigenvalue weighted by atomic mass is 9.92. The van der Waals surface area contributed by atoms with Gasteiger partial charge in [0.25, 0.3) is 0 Å². The third-order valence-electron chi connectivity index (χ3n) is 4.62. The summed E-state index contributed by atoms with van der Waals surface area (Å²) in [6.07, 6.45) is 6.82. The van der Waals surface area contributed by atoms with Gasteiger partial charge in [0, 0.05) is 39.7 Å². The van der Waals surface area contributed by atoms with Gasteiger partial charge in [0.2, 0.25) is 0 Å². The minimum Gasteiger partial charge on any atom is -0.462 e. The number of nitrogens with zero attached hydrogens (tertiary/aromatic N) is 1. The van der Waals surface area contributed by atoms with E-state index >= 15 is 0 Å². The summed E-state index contributed by atoms with van der Waals surface area (Å²) in [6.45, 7) is 0. The van der Waals surface area contributed by atoms with Crippen molar-refractivity contribution in [2.24, 2.45) is 0 Å². The van der Waals surface area contributed by atoms with Crippen molar-refractivity contribution in [3.8, 4) is 44.7 Å². The molecule has 2 aromatic heterocycles. The summed E-state index contributed by atoms with van der Waals surface area (Å²) in [7, 11) is 0. The number of aliphatic hydroxyl groups excluding tert-OH is 1. The molecule has 4 heteroatoms. The molecule has 0 aliphatic heterocycles. The number of aryl methyl sites for hydroxylation is 1. The predicted molar refractivity (Wildman–Crippen MR) is 115 cm³/mol. The molecule has 0 amide bonds. The SMILES string of the molecule is OC#CCCc1sc(-c2ccc(F)cc2)c(-c2ccncc2)c1-c1cc[c]cc1. The van der Waals surface area contributed by atoms with Gasteiger partial charge in [-0.1, -0.05) is 42.3 Å². The number of thiophene rings is 1. The van der Waals surface area contributed by atoms with Crippen molar-refractivity contribution >= 4 is 11.3 Å². The molecule has 29 heavy (non-hydrogen) atoms. The second kappa shape index (κ2) is 8.72. The molecule has 2 nitrogen and oxygen atoms in total. The summed E-state index contributed by atoms with van der Waals surface area (Å²) in [5.41, 5.74) is 5.34. The summed E-state index contributed by atoms with van der Waals surface area (Å²) in [5, 5.41) is 8.87. The second-order valence-corrected chi connectivity index (χ2v) is 7.53. The number of pyridine rings is 1. The van der Waals surface area contributed by atoms with Crippen LogP contribution in [0.1, 0.15) is 11.3 Å². The van der Waals surface area contributed by atoms with Crippen LogP contribution in [0.15, 0.2) is 73.1 Å². The van der Waals surface area contributed by atoms with Crippen molar-refractivity contribution in [2.45, 2.75) is 12.8 Å². The van der Waals surface area contributed by atoms with Crippen LogP contribution in [0, 0.1) is 23.9 Å². The molecule has 141 valence electrons. The maximum atomic E-state index is 13.5. The molecule has 0 unspecified atom stereocenters. The van der Waals surface area contributed by atoms with E-state index in [2.05, 4.69) is 17.0 Å². The van der Waals surface area contributed by atoms with Gasteiger partial charge in [0.05, 0.1) is 0 Å². The molecular formula is C25H17FNOS. The molecule has 1 radical (unpaired) electrons. The van der Waals surface area contributed by atoms with Crippen molar-refractivity contribution in [3.05, 3.63) is 89.8 Å². The highest BCUT2D eigenvalue weighted by Gasteiger charge is 2.21. The summed E-state index contributed by atoms with van der Waals surface area (Å²) in [5.74, 6) is 2.48. The van der Waals surface area contributed by atoms with Crippen LogP contribution >= 0.6 is 11.3 Å². The largest absolute Gasteiger partial charge is 0.462 e. The Balaban J connectivity index is 1.99. The molecule has 0 spiro atoms. The minimum atomic E-state index is -0.256. The second-order valence-electron chi connectivity index (χ2n) is 6.42. The minimum absolute atomic E-state index is 0.256. The van der Waals surface area contributed by atoms with Crippen LogP contribution in [0.2, 0.25) is 0 Å². The lowest BCUT2D eigenvalue weighted by Crippen LogP contribution is -1.88. The average molecular weight is 398 g/mol. The standard InChI is InChI=1S/C25H17FNOS/c26-21-11-9-20(10-12-21)25-24(19-13-15-27-16-14-19)23(18-6-2-1-3-7-18)22(29-25)8-4-5-17-28/h2-3,6-7,9-16,28H,4,8H2. The number of aromatic nitrogens is 1. The molecule has 1 N–H and O–H groups in total. The van der Waals surface area contributed by atoms with Gasteiger partial charge in [0.15, 0.2) is 0 Å². The average Bonchev–Trinajstić information content (AvgIpc) is 3.15. The van der Waals surface area contributed by atoms with E-state index in [-0.39, 0.29) is 5.82 Å². The van der Waals surface area contributed by atoms with Crippen LogP contribution < -0.4 is 0 Å². The Kier molecular flexibility index (Phi) is 5.69. The third kappa shape index (κ3) is 4.06. The van der Waals surface area contributed by atoms with Crippen molar-refractivity contribution in [1.82, 2.24) is 4.98 Å². The van der Waals surface area contributed by atoms with E-state index in [9.17, 15) is 4.39 Å². The van der Waals surface area contributed by atoms with Crippen LogP contribution in [0.4, 0.5) is 4.39 Å². The summed E-state index contributed by atoms with van der Waals surface area (Å²) in [6, 6.07) is 21.5. The number of rotatable bonds is 5. The first kappa shape index (κ1) is 18.9. The zero-order chi connectivity index (χ0) is 20.1. The van der Waals surface area contributed by atoms with E-state index in [4.69, 9.17) is 5.11 Å². The molecule has 0 saturated heterocycles. The van der Waals surface area contributed by atoms with Gasteiger partial charge in [-0.3, -0.25) is 4.98 Å². The highest BCUT2D eigenvalue weighted by molar-refractivity contribution is 7.16. The van der Waals surface area contributed by atoms with Gasteiger partial charge in [-0.2, -0.15) is 0 Å². The summed E-state index contributed by atoms with van der Waals surface area (Å²) >= 11 is 1.68. The molecule has 4 rings (SSSR count). The fourth-order valence-electron chi connectivity index (χ4n) is 3.34. The number of hydrogen-bond acceptors (Lipinski definition) is 3. The fraction of sp³-hybridized carbons (Fsp3) is 0.0800. The zero-order valence-corrected chi connectivity index (χ0v) is 16.3. The molecule has 0 saturated carbocycles. The Morgan fingerprint density at radius 3 is 2.28 bits per heavy atom. The van der Waals surface area contributed by atoms with Crippen LogP contribution in [0.25, 0.3) is 32.7 Å². The number of halogens is 1. The predicted octanol–water partition coefficient (Wildman–Crippen LogP) is 6.35. The first-order valence-corrected chi connectivity index (χ1v) is 10.00. The molecule has 2 aromatic carbocycles. The summed E-state index contributed by atoms with van der Waals surface area (Å²) in [4.78, 5) is 6.40. The smallest absolute Gasteiger partial charge is 0.123 e. The highest BCUT2D eigenvalue weighted by Crippen LogP contribution is 2.48. The number of aliphatic hydroxyl groups is 1. The monoisotopic (exact) mass is 398 g/mol. The van der Waals surface area contributed by atoms with Crippen LogP contribution in [-0.4, -0.2) is 10.1 Å². The number of hydrogen-bond donors (Lipinski definition) is 1. The van der Waals surface area contributed by atoms with Crippen LogP contribution in [-0.2, 0) is 6.42 Å². The lowest BCUT2D eigenvalue weighted by molar-refractivity contribution is 0.516. The van der Waals surface area contributed by atoms with Crippen LogP contribution in [0.5, 0.6) is 0 Å². The van der Waals surface area contributed by atoms with Crippen molar-refractivity contribution in [1.29, 1.82) is 0 Å². The molecule has 0 aliphatic carbocycles. The molecule has 0 aliphatic rings. The van der Waals surface area contributed by atoms with Gasteiger partial charge >= 0.3 is 0 Å². The molecular weight excluding hydrogens is 381 g/mol. The quantitative estimate of drug-likeness (QED) is 0.397. The molecule has 0 bridgehead atoms. The normalized spacial score (nSPS) is 10.4. The number of benzene rings is 2. The van der Waals surface area contributed by atoms with Gasteiger partial charge in [-0.25, -0.2) is 4.39 Å². The van der Waals surface area contributed by atoms with E-state index < -0.39 is 0 Å². The van der Waals surface area contributed by atoms with Crippen LogP contribution in [0.3, 0.4) is 0 Å². The van der Waals surface area contributed by atoms with E-state index in [0.29, 0.717) is 12.8 Å². The van der Waals surface area contributed by atoms with Gasteiger partial charge in [-0.15, -0.1) is 11.3 Å². The first-order valence-electron chi connectivity index (χ1n) is 9.18. The molecule has 4 aromatic rings. The Morgan fingerprint density at radius 2 is 1.59 bits per heavy atom. The van der Waals surface area contributed by atoms with Gasteiger partial charge in [0.1, 0.15) is 11.9 Å². The molecule has 0 atom stereocenters.